The van der Waals surface area contributed by atoms with Gasteiger partial charge in [0.25, 0.3) is 0 Å². The Morgan fingerprint density at radius 2 is 1.90 bits per heavy atom. The Labute approximate surface area is 179 Å². The molecule has 3 rings (SSSR count). The van der Waals surface area contributed by atoms with Crippen molar-refractivity contribution in [2.45, 2.75) is 38.0 Å². The van der Waals surface area contributed by atoms with Crippen LogP contribution >= 0.6 is 0 Å². The molecule has 2 aromatic rings. The molecular formula is C24H32N4O2. The van der Waals surface area contributed by atoms with Gasteiger partial charge in [-0.3, -0.25) is 4.90 Å². The first kappa shape index (κ1) is 22.1. The highest BCUT2D eigenvalue weighted by Gasteiger charge is 2.24. The van der Waals surface area contributed by atoms with Crippen molar-refractivity contribution in [1.29, 1.82) is 0 Å². The number of amides is 2. The highest BCUT2D eigenvalue weighted by Crippen LogP contribution is 2.29. The van der Waals surface area contributed by atoms with E-state index in [0.29, 0.717) is 18.6 Å². The van der Waals surface area contributed by atoms with Crippen LogP contribution in [0, 0.1) is 12.3 Å². The molecule has 6 nitrogen and oxygen atoms in total. The molecule has 1 heterocycles. The lowest BCUT2D eigenvalue weighted by molar-refractivity contribution is 0.133. The minimum Gasteiger partial charge on any atom is -0.390 e. The van der Waals surface area contributed by atoms with Crippen molar-refractivity contribution in [2.24, 2.45) is 0 Å². The predicted molar refractivity (Wildman–Crippen MR) is 121 cm³/mol. The number of carbonyl (C=O) groups excluding carboxylic acids is 1. The summed E-state index contributed by atoms with van der Waals surface area (Å²) in [6.45, 7) is 5.15. The SMILES string of the molecule is C#CCNC(=O)NCC(O)CNC1CCN([C@H](C)c2cccc3ccccc23)CC1. The topological polar surface area (TPSA) is 76.6 Å². The van der Waals surface area contributed by atoms with Gasteiger partial charge in [-0.2, -0.15) is 0 Å². The molecule has 1 fully saturated rings. The molecule has 0 saturated carbocycles. The fraction of sp³-hybridized carbons (Fsp3) is 0.458. The first-order valence-corrected chi connectivity index (χ1v) is 10.7. The Morgan fingerprint density at radius 3 is 2.67 bits per heavy atom. The summed E-state index contributed by atoms with van der Waals surface area (Å²) in [5.41, 5.74) is 1.38. The second kappa shape index (κ2) is 11.0. The maximum atomic E-state index is 11.5. The second-order valence-corrected chi connectivity index (χ2v) is 7.88. The molecule has 0 spiro atoms. The van der Waals surface area contributed by atoms with Gasteiger partial charge in [0.05, 0.1) is 12.6 Å². The molecule has 1 saturated heterocycles. The van der Waals surface area contributed by atoms with E-state index in [-0.39, 0.29) is 19.1 Å². The minimum absolute atomic E-state index is 0.177. The average molecular weight is 409 g/mol. The number of carbonyl (C=O) groups is 1. The summed E-state index contributed by atoms with van der Waals surface area (Å²) < 4.78 is 0. The number of hydrogen-bond donors (Lipinski definition) is 4. The van der Waals surface area contributed by atoms with Gasteiger partial charge < -0.3 is 21.1 Å². The van der Waals surface area contributed by atoms with Crippen LogP contribution in [0.4, 0.5) is 4.79 Å². The number of aliphatic hydroxyl groups is 1. The lowest BCUT2D eigenvalue weighted by Crippen LogP contribution is -2.47. The number of aliphatic hydroxyl groups excluding tert-OH is 1. The summed E-state index contributed by atoms with van der Waals surface area (Å²) in [5.74, 6) is 2.33. The first-order chi connectivity index (χ1) is 14.6. The summed E-state index contributed by atoms with van der Waals surface area (Å²) in [7, 11) is 0. The monoisotopic (exact) mass is 408 g/mol. The Bertz CT molecular complexity index is 866. The van der Waals surface area contributed by atoms with Crippen LogP contribution in [0.5, 0.6) is 0 Å². The number of rotatable bonds is 8. The van der Waals surface area contributed by atoms with Crippen LogP contribution in [0.3, 0.4) is 0 Å². The number of hydrogen-bond acceptors (Lipinski definition) is 4. The average Bonchev–Trinajstić information content (AvgIpc) is 2.79. The van der Waals surface area contributed by atoms with Crippen LogP contribution < -0.4 is 16.0 Å². The zero-order chi connectivity index (χ0) is 21.3. The number of terminal acetylenes is 1. The van der Waals surface area contributed by atoms with Crippen molar-refractivity contribution < 1.29 is 9.90 Å². The number of urea groups is 1. The highest BCUT2D eigenvalue weighted by molar-refractivity contribution is 5.86. The van der Waals surface area contributed by atoms with Gasteiger partial charge >= 0.3 is 6.03 Å². The fourth-order valence-electron chi connectivity index (χ4n) is 4.08. The van der Waals surface area contributed by atoms with E-state index in [2.05, 4.69) is 76.2 Å². The van der Waals surface area contributed by atoms with E-state index < -0.39 is 6.10 Å². The molecule has 1 unspecified atom stereocenters. The molecule has 0 aromatic heterocycles. The molecule has 30 heavy (non-hydrogen) atoms. The Balaban J connectivity index is 1.42. The molecule has 0 bridgehead atoms. The molecule has 160 valence electrons. The maximum absolute atomic E-state index is 11.5. The van der Waals surface area contributed by atoms with Crippen LogP contribution in [0.25, 0.3) is 10.8 Å². The van der Waals surface area contributed by atoms with E-state index in [0.717, 1.165) is 25.9 Å². The Kier molecular flexibility index (Phi) is 8.09. The number of likely N-dealkylation sites (tertiary alicyclic amines) is 1. The van der Waals surface area contributed by atoms with Gasteiger partial charge in [0.1, 0.15) is 0 Å². The van der Waals surface area contributed by atoms with Crippen molar-refractivity contribution in [1.82, 2.24) is 20.9 Å². The van der Waals surface area contributed by atoms with Crippen LogP contribution in [0.2, 0.25) is 0 Å². The molecule has 2 atom stereocenters. The summed E-state index contributed by atoms with van der Waals surface area (Å²) in [4.78, 5) is 14.0. The zero-order valence-electron chi connectivity index (χ0n) is 17.6. The quantitative estimate of drug-likeness (QED) is 0.506. The van der Waals surface area contributed by atoms with Crippen LogP contribution in [-0.4, -0.2) is 60.9 Å². The van der Waals surface area contributed by atoms with E-state index in [1.165, 1.54) is 16.3 Å². The first-order valence-electron chi connectivity index (χ1n) is 10.7. The molecule has 2 amide bonds. The molecule has 4 N–H and O–H groups in total. The largest absolute Gasteiger partial charge is 0.390 e. The molecule has 1 aliphatic rings. The molecule has 0 radical (unpaired) electrons. The van der Waals surface area contributed by atoms with Crippen LogP contribution in [0.15, 0.2) is 42.5 Å². The van der Waals surface area contributed by atoms with Crippen molar-refractivity contribution in [3.8, 4) is 12.3 Å². The van der Waals surface area contributed by atoms with E-state index in [9.17, 15) is 9.90 Å². The van der Waals surface area contributed by atoms with Crippen molar-refractivity contribution in [3.63, 3.8) is 0 Å². The van der Waals surface area contributed by atoms with Gasteiger partial charge in [-0.15, -0.1) is 6.42 Å². The third kappa shape index (κ3) is 5.96. The zero-order valence-corrected chi connectivity index (χ0v) is 17.6. The third-order valence-electron chi connectivity index (χ3n) is 5.84. The number of fused-ring (bicyclic) bond motifs is 1. The summed E-state index contributed by atoms with van der Waals surface area (Å²) in [6, 6.07) is 15.5. The third-order valence-corrected chi connectivity index (χ3v) is 5.84. The normalized spacial score (nSPS) is 17.2. The molecule has 2 aromatic carbocycles. The number of nitrogens with zero attached hydrogens (tertiary/aromatic N) is 1. The van der Waals surface area contributed by atoms with Crippen LogP contribution in [-0.2, 0) is 0 Å². The predicted octanol–water partition coefficient (Wildman–Crippen LogP) is 2.25. The Hall–Kier alpha value is -2.59. The van der Waals surface area contributed by atoms with Gasteiger partial charge in [-0.25, -0.2) is 4.79 Å². The van der Waals surface area contributed by atoms with Crippen molar-refractivity contribution in [2.75, 3.05) is 32.7 Å². The minimum atomic E-state index is -0.630. The molecule has 6 heteroatoms. The van der Waals surface area contributed by atoms with Gasteiger partial charge in [0.15, 0.2) is 0 Å². The van der Waals surface area contributed by atoms with E-state index >= 15 is 0 Å². The Morgan fingerprint density at radius 1 is 1.17 bits per heavy atom. The summed E-state index contributed by atoms with van der Waals surface area (Å²) >= 11 is 0. The fourth-order valence-corrected chi connectivity index (χ4v) is 4.08. The molecule has 1 aliphatic heterocycles. The number of piperidine rings is 1. The molecular weight excluding hydrogens is 376 g/mol. The van der Waals surface area contributed by atoms with Gasteiger partial charge in [0.2, 0.25) is 0 Å². The van der Waals surface area contributed by atoms with E-state index in [4.69, 9.17) is 6.42 Å². The van der Waals surface area contributed by atoms with Crippen LogP contribution in [0.1, 0.15) is 31.4 Å². The van der Waals surface area contributed by atoms with Gasteiger partial charge in [-0.1, -0.05) is 48.4 Å². The van der Waals surface area contributed by atoms with Crippen molar-refractivity contribution >= 4 is 16.8 Å². The standard InChI is InChI=1S/C24H32N4O2/c1-3-13-25-24(30)27-17-21(29)16-26-20-11-14-28(15-12-20)18(2)22-10-6-8-19-7-4-5-9-23(19)22/h1,4-10,18,20-21,26,29H,11-17H2,2H3,(H2,25,27,30)/t18-,21?/m1/s1. The lowest BCUT2D eigenvalue weighted by atomic mass is 9.96. The van der Waals surface area contributed by atoms with E-state index in [1.807, 2.05) is 0 Å². The number of nitrogens with one attached hydrogen (secondary N) is 3. The van der Waals surface area contributed by atoms with Gasteiger partial charge in [-0.05, 0) is 36.1 Å². The number of benzene rings is 2. The smallest absolute Gasteiger partial charge is 0.315 e. The summed E-state index contributed by atoms with van der Waals surface area (Å²) in [6.07, 6.45) is 6.54. The van der Waals surface area contributed by atoms with Crippen molar-refractivity contribution in [3.05, 3.63) is 48.0 Å². The van der Waals surface area contributed by atoms with E-state index in [1.54, 1.807) is 0 Å². The molecule has 0 aliphatic carbocycles. The van der Waals surface area contributed by atoms with Gasteiger partial charge in [0, 0.05) is 38.3 Å². The second-order valence-electron chi connectivity index (χ2n) is 7.88. The maximum Gasteiger partial charge on any atom is 0.315 e. The highest BCUT2D eigenvalue weighted by atomic mass is 16.3. The lowest BCUT2D eigenvalue weighted by Gasteiger charge is -2.37. The summed E-state index contributed by atoms with van der Waals surface area (Å²) in [5, 5.41) is 21.3.